The number of nitrogens with zero attached hydrogens (tertiary/aromatic N) is 6. The van der Waals surface area contributed by atoms with E-state index >= 15 is 0 Å². The van der Waals surface area contributed by atoms with Crippen molar-refractivity contribution in [3.8, 4) is 5.82 Å². The number of nitrogens with one attached hydrogen (secondary N) is 3. The second kappa shape index (κ2) is 7.70. The molecule has 5 rings (SSSR count). The van der Waals surface area contributed by atoms with Gasteiger partial charge in [0, 0.05) is 10.6 Å². The van der Waals surface area contributed by atoms with Crippen molar-refractivity contribution in [3.05, 3.63) is 58.2 Å². The Kier molecular flexibility index (Phi) is 4.72. The standard InChI is InChI=1S/C18H13N9O2S2/c1-9-2-5-13(30-9)17(29)23-18-22-12-4-3-10(6-14(12)31-18)21-16(28)11-7-19-24-15(11)27-8-20-25-26-27/h2-8H,1H3,(H,19,24)(H,21,28)(H,22,23,29). The predicted octanol–water partition coefficient (Wildman–Crippen LogP) is 2.87. The van der Waals surface area contributed by atoms with Crippen molar-refractivity contribution in [2.45, 2.75) is 6.92 Å². The number of thiophene rings is 1. The minimum atomic E-state index is -0.371. The van der Waals surface area contributed by atoms with Crippen molar-refractivity contribution >= 4 is 55.5 Å². The zero-order valence-corrected chi connectivity index (χ0v) is 17.5. The molecule has 13 heteroatoms. The van der Waals surface area contributed by atoms with Crippen LogP contribution in [0.5, 0.6) is 0 Å². The topological polar surface area (TPSA) is 143 Å². The first-order valence-electron chi connectivity index (χ1n) is 8.93. The Bertz CT molecular complexity index is 1400. The van der Waals surface area contributed by atoms with E-state index < -0.39 is 0 Å². The van der Waals surface area contributed by atoms with E-state index in [9.17, 15) is 9.59 Å². The molecule has 0 saturated carbocycles. The van der Waals surface area contributed by atoms with E-state index in [-0.39, 0.29) is 17.4 Å². The molecule has 31 heavy (non-hydrogen) atoms. The van der Waals surface area contributed by atoms with E-state index in [1.54, 1.807) is 24.3 Å². The molecule has 0 aliphatic rings. The summed E-state index contributed by atoms with van der Waals surface area (Å²) in [5, 5.41) is 23.6. The third-order valence-corrected chi connectivity index (χ3v) is 6.21. The number of carbonyl (C=O) groups is 2. The summed E-state index contributed by atoms with van der Waals surface area (Å²) in [7, 11) is 0. The number of carbonyl (C=O) groups excluding carboxylic acids is 2. The monoisotopic (exact) mass is 451 g/mol. The summed E-state index contributed by atoms with van der Waals surface area (Å²) in [5.74, 6) is -0.208. The molecule has 0 atom stereocenters. The highest BCUT2D eigenvalue weighted by Gasteiger charge is 2.17. The van der Waals surface area contributed by atoms with Crippen molar-refractivity contribution in [3.63, 3.8) is 0 Å². The third kappa shape index (κ3) is 3.78. The summed E-state index contributed by atoms with van der Waals surface area (Å²) in [6.07, 6.45) is 2.76. The summed E-state index contributed by atoms with van der Waals surface area (Å²) in [4.78, 5) is 31.2. The number of fused-ring (bicyclic) bond motifs is 1. The van der Waals surface area contributed by atoms with Gasteiger partial charge in [0.25, 0.3) is 11.8 Å². The Morgan fingerprint density at radius 1 is 1.10 bits per heavy atom. The lowest BCUT2D eigenvalue weighted by molar-refractivity contribution is 0.102. The average molecular weight is 451 g/mol. The van der Waals surface area contributed by atoms with Gasteiger partial charge in [0.15, 0.2) is 10.9 Å². The molecule has 3 N–H and O–H groups in total. The first kappa shape index (κ1) is 19.0. The van der Waals surface area contributed by atoms with Crippen LogP contribution in [0.15, 0.2) is 42.9 Å². The first-order chi connectivity index (χ1) is 15.1. The van der Waals surface area contributed by atoms with Gasteiger partial charge < -0.3 is 5.32 Å². The van der Waals surface area contributed by atoms with Gasteiger partial charge in [-0.1, -0.05) is 11.3 Å². The van der Waals surface area contributed by atoms with Crippen molar-refractivity contribution < 1.29 is 9.59 Å². The quantitative estimate of drug-likeness (QED) is 0.373. The van der Waals surface area contributed by atoms with Gasteiger partial charge in [-0.2, -0.15) is 9.78 Å². The van der Waals surface area contributed by atoms with Gasteiger partial charge in [-0.25, -0.2) is 4.98 Å². The van der Waals surface area contributed by atoms with Crippen LogP contribution in [0.1, 0.15) is 24.9 Å². The van der Waals surface area contributed by atoms with Crippen LogP contribution in [0.2, 0.25) is 0 Å². The largest absolute Gasteiger partial charge is 0.322 e. The molecule has 0 spiro atoms. The third-order valence-electron chi connectivity index (χ3n) is 4.27. The first-order valence-corrected chi connectivity index (χ1v) is 10.6. The number of rotatable bonds is 5. The van der Waals surface area contributed by atoms with Gasteiger partial charge in [0.2, 0.25) is 0 Å². The number of anilines is 2. The Balaban J connectivity index is 1.34. The number of H-pyrrole nitrogens is 1. The van der Waals surface area contributed by atoms with Crippen LogP contribution < -0.4 is 10.6 Å². The number of benzene rings is 1. The van der Waals surface area contributed by atoms with Gasteiger partial charge >= 0.3 is 0 Å². The molecule has 154 valence electrons. The number of hydrogen-bond acceptors (Lipinski definition) is 9. The van der Waals surface area contributed by atoms with Crippen LogP contribution in [0.3, 0.4) is 0 Å². The van der Waals surface area contributed by atoms with Crippen molar-refractivity contribution in [2.24, 2.45) is 0 Å². The van der Waals surface area contributed by atoms with E-state index in [1.165, 1.54) is 39.9 Å². The van der Waals surface area contributed by atoms with E-state index in [4.69, 9.17) is 0 Å². The summed E-state index contributed by atoms with van der Waals surface area (Å²) in [6.45, 7) is 1.95. The van der Waals surface area contributed by atoms with Crippen LogP contribution in [-0.4, -0.2) is 47.2 Å². The SMILES string of the molecule is Cc1ccc(C(=O)Nc2nc3ccc(NC(=O)c4cn[nH]c4-n4cnnn4)cc3s2)s1. The minimum Gasteiger partial charge on any atom is -0.322 e. The number of aryl methyl sites for hydroxylation is 1. The average Bonchev–Trinajstić information content (AvgIpc) is 3.53. The molecule has 0 aliphatic carbocycles. The number of hydrogen-bond donors (Lipinski definition) is 3. The van der Waals surface area contributed by atoms with E-state index in [0.717, 1.165) is 15.1 Å². The van der Waals surface area contributed by atoms with Crippen molar-refractivity contribution in [1.29, 1.82) is 0 Å². The fourth-order valence-electron chi connectivity index (χ4n) is 2.85. The lowest BCUT2D eigenvalue weighted by Crippen LogP contribution is -2.14. The molecular formula is C18H13N9O2S2. The number of amides is 2. The predicted molar refractivity (Wildman–Crippen MR) is 116 cm³/mol. The number of aromatic nitrogens is 7. The molecule has 0 fully saturated rings. The maximum atomic E-state index is 12.7. The number of tetrazole rings is 1. The lowest BCUT2D eigenvalue weighted by Gasteiger charge is -2.05. The van der Waals surface area contributed by atoms with E-state index in [0.29, 0.717) is 21.5 Å². The van der Waals surface area contributed by atoms with E-state index in [2.05, 4.69) is 41.3 Å². The Morgan fingerprint density at radius 3 is 2.77 bits per heavy atom. The zero-order valence-electron chi connectivity index (χ0n) is 15.9. The Hall–Kier alpha value is -3.97. The summed E-state index contributed by atoms with van der Waals surface area (Å²) in [6, 6.07) is 9.01. The molecule has 0 aliphatic heterocycles. The molecule has 0 radical (unpaired) electrons. The zero-order chi connectivity index (χ0) is 21.4. The van der Waals surface area contributed by atoms with Gasteiger partial charge in [-0.3, -0.25) is 20.0 Å². The van der Waals surface area contributed by atoms with Gasteiger partial charge in [-0.15, -0.1) is 16.4 Å². The van der Waals surface area contributed by atoms with Crippen LogP contribution in [0.4, 0.5) is 10.8 Å². The Morgan fingerprint density at radius 2 is 2.00 bits per heavy atom. The van der Waals surface area contributed by atoms with E-state index in [1.807, 2.05) is 13.0 Å². The highest BCUT2D eigenvalue weighted by molar-refractivity contribution is 7.22. The Labute approximate surface area is 182 Å². The summed E-state index contributed by atoms with van der Waals surface area (Å²) >= 11 is 2.75. The molecule has 1 aromatic carbocycles. The van der Waals surface area contributed by atoms with Crippen LogP contribution in [0, 0.1) is 6.92 Å². The lowest BCUT2D eigenvalue weighted by atomic mass is 10.2. The molecule has 0 unspecified atom stereocenters. The maximum Gasteiger partial charge on any atom is 0.267 e. The fourth-order valence-corrected chi connectivity index (χ4v) is 4.52. The molecule has 5 aromatic rings. The summed E-state index contributed by atoms with van der Waals surface area (Å²) in [5.41, 5.74) is 1.59. The molecule has 0 saturated heterocycles. The molecule has 11 nitrogen and oxygen atoms in total. The molecule has 0 bridgehead atoms. The van der Waals surface area contributed by atoms with Crippen molar-refractivity contribution in [2.75, 3.05) is 10.6 Å². The van der Waals surface area contributed by atoms with Crippen LogP contribution in [-0.2, 0) is 0 Å². The van der Waals surface area contributed by atoms with Crippen LogP contribution in [0.25, 0.3) is 16.0 Å². The van der Waals surface area contributed by atoms with Gasteiger partial charge in [-0.05, 0) is 47.7 Å². The van der Waals surface area contributed by atoms with Crippen LogP contribution >= 0.6 is 22.7 Å². The molecule has 4 aromatic heterocycles. The molecule has 2 amide bonds. The number of aromatic amines is 1. The minimum absolute atomic E-state index is 0.194. The van der Waals surface area contributed by atoms with Gasteiger partial charge in [0.1, 0.15) is 11.9 Å². The second-order valence-electron chi connectivity index (χ2n) is 6.41. The molecule has 4 heterocycles. The fraction of sp³-hybridized carbons (Fsp3) is 0.0556. The normalized spacial score (nSPS) is 11.0. The highest BCUT2D eigenvalue weighted by atomic mass is 32.1. The number of thiazole rings is 1. The second-order valence-corrected chi connectivity index (χ2v) is 8.73. The van der Waals surface area contributed by atoms with Gasteiger partial charge in [0.05, 0.1) is 21.3 Å². The summed E-state index contributed by atoms with van der Waals surface area (Å²) < 4.78 is 2.14. The smallest absolute Gasteiger partial charge is 0.267 e. The van der Waals surface area contributed by atoms with Crippen molar-refractivity contribution in [1.82, 2.24) is 35.4 Å². The molecular weight excluding hydrogens is 438 g/mol. The highest BCUT2D eigenvalue weighted by Crippen LogP contribution is 2.29. The maximum absolute atomic E-state index is 12.7.